The Hall–Kier alpha value is -6.61. The van der Waals surface area contributed by atoms with Crippen LogP contribution in [0.5, 0.6) is 11.5 Å². The molecule has 3 aromatic heterocycles. The quantitative estimate of drug-likeness (QED) is 0.0908. The number of para-hydroxylation sites is 2. The first-order valence-corrected chi connectivity index (χ1v) is 20.2. The van der Waals surface area contributed by atoms with Crippen LogP contribution >= 0.6 is 0 Å². The average molecular weight is 908 g/mol. The third-order valence-corrected chi connectivity index (χ3v) is 11.0. The smallest absolute Gasteiger partial charge is 0.509 e. The zero-order valence-corrected chi connectivity index (χ0v) is 36.6. The molecule has 6 nitrogen and oxygen atoms in total. The largest absolute Gasteiger partial charge is 2.00 e. The van der Waals surface area contributed by atoms with E-state index in [4.69, 9.17) is 17.9 Å². The van der Waals surface area contributed by atoms with Crippen LogP contribution < -0.4 is 4.74 Å². The normalized spacial score (nSPS) is 14.9. The average Bonchev–Trinajstić information content (AvgIpc) is 4.02. The molecule has 0 fully saturated rings. The number of ether oxygens (including phenoxy) is 1. The Balaban J connectivity index is 0.00000608. The maximum absolute atomic E-state index is 9.68. The molecule has 0 saturated carbocycles. The van der Waals surface area contributed by atoms with Crippen LogP contribution in [0.15, 0.2) is 158 Å². The SMILES string of the molecule is [2H]c1nc(-n2c3[c-]c(Oc4[c-]c([N+]5=C=[N+](c6cc(C(C)(C)C)cc(C(C)(C)C)c6)C=C5)c([2H])c([2H])c4[2H])ccc3c3c2c2ccccc2n3-c2ccccc2)c([2H])c(C([2H])([2H])[2H])c1-c1ccccc1.[Pd+2]. The molecule has 9 aromatic rings. The number of fused-ring (bicyclic) bond motifs is 5. The number of nitrogens with zero attached hydrogens (tertiary/aromatic N) is 5. The van der Waals surface area contributed by atoms with Crippen molar-refractivity contribution >= 4 is 50.2 Å². The molecule has 0 bridgehead atoms. The van der Waals surface area contributed by atoms with Crippen LogP contribution in [0.2, 0.25) is 0 Å². The summed E-state index contributed by atoms with van der Waals surface area (Å²) in [5, 5.41) is 1.43. The van der Waals surface area contributed by atoms with Gasteiger partial charge in [0.2, 0.25) is 5.69 Å². The number of hydrogen-bond acceptors (Lipinski definition) is 2. The summed E-state index contributed by atoms with van der Waals surface area (Å²) in [5.74, 6) is -0.106. The van der Waals surface area contributed by atoms with Gasteiger partial charge in [-0.3, -0.25) is 0 Å². The first-order valence-electron chi connectivity index (χ1n) is 24.2. The van der Waals surface area contributed by atoms with Gasteiger partial charge < -0.3 is 13.9 Å². The van der Waals surface area contributed by atoms with E-state index < -0.39 is 6.85 Å². The zero-order chi connectivity index (χ0) is 48.9. The molecule has 306 valence electrons. The van der Waals surface area contributed by atoms with Crippen LogP contribution in [0.25, 0.3) is 55.5 Å². The van der Waals surface area contributed by atoms with E-state index in [1.807, 2.05) is 71.4 Å². The monoisotopic (exact) mass is 907 g/mol. The van der Waals surface area contributed by atoms with Gasteiger partial charge >= 0.3 is 26.4 Å². The first-order chi connectivity index (χ1) is 32.7. The molecule has 6 aromatic carbocycles. The molecule has 0 atom stereocenters. The molecule has 0 aliphatic carbocycles. The molecule has 62 heavy (non-hydrogen) atoms. The summed E-state index contributed by atoms with van der Waals surface area (Å²) >= 11 is 0. The molecule has 0 spiro atoms. The van der Waals surface area contributed by atoms with E-state index in [0.29, 0.717) is 22.0 Å². The van der Waals surface area contributed by atoms with E-state index in [2.05, 4.69) is 82.4 Å². The van der Waals surface area contributed by atoms with E-state index in [9.17, 15) is 2.74 Å². The van der Waals surface area contributed by atoms with Crippen molar-refractivity contribution in [2.24, 2.45) is 0 Å². The summed E-state index contributed by atoms with van der Waals surface area (Å²) in [6, 6.07) is 44.7. The Morgan fingerprint density at radius 1 is 0.710 bits per heavy atom. The van der Waals surface area contributed by atoms with Gasteiger partial charge in [0.05, 0.1) is 13.8 Å². The summed E-state index contributed by atoms with van der Waals surface area (Å²) in [6.07, 6.45) is 3.24. The number of benzene rings is 6. The zero-order valence-electron chi connectivity index (χ0n) is 43.1. The maximum Gasteiger partial charge on any atom is 2.00 e. The van der Waals surface area contributed by atoms with Crippen molar-refractivity contribution in [1.82, 2.24) is 14.1 Å². The van der Waals surface area contributed by atoms with Crippen LogP contribution in [-0.4, -0.2) is 29.3 Å². The van der Waals surface area contributed by atoms with Crippen LogP contribution in [0.4, 0.5) is 11.4 Å². The second-order valence-corrected chi connectivity index (χ2v) is 17.3. The van der Waals surface area contributed by atoms with Crippen molar-refractivity contribution in [2.45, 2.75) is 59.2 Å². The summed E-state index contributed by atoms with van der Waals surface area (Å²) in [6.45, 7) is 10.2. The molecule has 0 radical (unpaired) electrons. The Morgan fingerprint density at radius 2 is 1.39 bits per heavy atom. The van der Waals surface area contributed by atoms with Crippen molar-refractivity contribution in [1.29, 1.82) is 0 Å². The van der Waals surface area contributed by atoms with Crippen molar-refractivity contribution in [2.75, 3.05) is 0 Å². The van der Waals surface area contributed by atoms with Gasteiger partial charge in [-0.1, -0.05) is 147 Å². The molecule has 1 aliphatic rings. The number of hydrogen-bond donors (Lipinski definition) is 0. The predicted molar refractivity (Wildman–Crippen MR) is 248 cm³/mol. The van der Waals surface area contributed by atoms with Gasteiger partial charge in [-0.25, -0.2) is 4.98 Å². The minimum Gasteiger partial charge on any atom is -0.509 e. The fourth-order valence-electron chi connectivity index (χ4n) is 7.84. The maximum atomic E-state index is 9.68. The Labute approximate surface area is 388 Å². The standard InChI is InChI=1S/C55H47N5O.Pd/c1-37-29-51(56-35-48(37)38-17-10-8-11-18-38)60-50-34-45(25-26-47(50)52-53(60)46-23-14-15-24-49(46)59(52)41-19-12-9-13-20-41)61-44-22-16-21-42(33-44)57-27-28-58(36-57)43-31-39(54(2,3)4)30-40(32-43)55(5,6)7;/h8-32,35H,1-7H3;/q;+2/i1D3,16D,21D,22D,29D,35D;. The van der Waals surface area contributed by atoms with Gasteiger partial charge in [-0.15, -0.1) is 18.2 Å². The second kappa shape index (κ2) is 15.7. The van der Waals surface area contributed by atoms with Crippen molar-refractivity contribution < 1.29 is 45.3 Å². The number of aromatic nitrogens is 3. The van der Waals surface area contributed by atoms with E-state index >= 15 is 0 Å². The molecule has 7 heteroatoms. The van der Waals surface area contributed by atoms with Crippen molar-refractivity contribution in [3.8, 4) is 34.1 Å². The predicted octanol–water partition coefficient (Wildman–Crippen LogP) is 13.7. The molecule has 10 rings (SSSR count). The van der Waals surface area contributed by atoms with Crippen LogP contribution in [0.3, 0.4) is 0 Å². The third kappa shape index (κ3) is 7.33. The van der Waals surface area contributed by atoms with Crippen molar-refractivity contribution in [3.63, 3.8) is 0 Å². The minimum atomic E-state index is -2.80. The third-order valence-electron chi connectivity index (χ3n) is 11.0. The number of pyridine rings is 1. The first kappa shape index (κ1) is 32.2. The molecule has 0 saturated heterocycles. The molecule has 0 unspecified atom stereocenters. The van der Waals surface area contributed by atoms with Gasteiger partial charge in [-0.2, -0.15) is 12.1 Å². The minimum absolute atomic E-state index is 0. The van der Waals surface area contributed by atoms with E-state index in [0.717, 1.165) is 38.9 Å². The molecule has 1 aliphatic heterocycles. The summed E-state index contributed by atoms with van der Waals surface area (Å²) in [4.78, 5) is 4.74. The molecule has 0 amide bonds. The number of rotatable bonds is 7. The Kier molecular flexibility index (Phi) is 8.14. The van der Waals surface area contributed by atoms with Crippen LogP contribution in [-0.2, 0) is 31.3 Å². The second-order valence-electron chi connectivity index (χ2n) is 17.3. The molecular weight excluding hydrogens is 853 g/mol. The van der Waals surface area contributed by atoms with E-state index in [-0.39, 0.29) is 95.7 Å². The van der Waals surface area contributed by atoms with Gasteiger partial charge in [0.25, 0.3) is 12.4 Å². The molecule has 0 N–H and O–H groups in total. The van der Waals surface area contributed by atoms with Crippen LogP contribution in [0.1, 0.15) is 69.2 Å². The van der Waals surface area contributed by atoms with Gasteiger partial charge in [0.15, 0.2) is 0 Å². The summed E-state index contributed by atoms with van der Waals surface area (Å²) in [7, 11) is 0. The Morgan fingerprint density at radius 3 is 2.11 bits per heavy atom. The molecule has 4 heterocycles. The molecular formula is C55H47N5OPd+2. The summed E-state index contributed by atoms with van der Waals surface area (Å²) < 4.78 is 85.5. The van der Waals surface area contributed by atoms with Gasteiger partial charge in [0.1, 0.15) is 11.5 Å². The van der Waals surface area contributed by atoms with Gasteiger partial charge in [-0.05, 0) is 66.9 Å². The van der Waals surface area contributed by atoms with Crippen LogP contribution in [0, 0.1) is 19.0 Å². The fraction of sp³-hybridized carbons (Fsp3) is 0.164. The van der Waals surface area contributed by atoms with E-state index in [1.54, 1.807) is 51.7 Å². The van der Waals surface area contributed by atoms with Gasteiger partial charge in [0, 0.05) is 57.4 Å². The summed E-state index contributed by atoms with van der Waals surface area (Å²) in [5.41, 5.74) is 6.68. The Bertz CT molecular complexity index is 3660. The van der Waals surface area contributed by atoms with E-state index in [1.165, 1.54) is 0 Å². The topological polar surface area (TPSA) is 38.0 Å². The fourth-order valence-corrected chi connectivity index (χ4v) is 7.84. The van der Waals surface area contributed by atoms with Crippen molar-refractivity contribution in [3.05, 3.63) is 187 Å².